The summed E-state index contributed by atoms with van der Waals surface area (Å²) >= 11 is 5.17. The fraction of sp³-hybridized carbons (Fsp3) is 0.538. The van der Waals surface area contributed by atoms with Crippen LogP contribution in [0.2, 0.25) is 0 Å². The Hall–Kier alpha value is -0.750. The van der Waals surface area contributed by atoms with Gasteiger partial charge in [0.15, 0.2) is 0 Å². The van der Waals surface area contributed by atoms with Crippen molar-refractivity contribution in [3.05, 3.63) is 22.3 Å². The number of rotatable bonds is 7. The third-order valence-electron chi connectivity index (χ3n) is 2.39. The SMILES string of the molecule is CCNc1ncc(Br)cc1C(=O)NC(C)CSCC. The molecule has 0 saturated heterocycles. The Balaban J connectivity index is 2.77. The molecule has 4 nitrogen and oxygen atoms in total. The highest BCUT2D eigenvalue weighted by Crippen LogP contribution is 2.18. The smallest absolute Gasteiger partial charge is 0.255 e. The molecule has 1 rings (SSSR count). The van der Waals surface area contributed by atoms with Crippen molar-refractivity contribution < 1.29 is 4.79 Å². The van der Waals surface area contributed by atoms with Gasteiger partial charge in [-0.3, -0.25) is 4.79 Å². The summed E-state index contributed by atoms with van der Waals surface area (Å²) in [4.78, 5) is 16.5. The molecule has 1 unspecified atom stereocenters. The topological polar surface area (TPSA) is 54.0 Å². The van der Waals surface area contributed by atoms with Crippen molar-refractivity contribution >= 4 is 39.4 Å². The molecule has 0 fully saturated rings. The van der Waals surface area contributed by atoms with Crippen molar-refractivity contribution in [2.75, 3.05) is 23.4 Å². The van der Waals surface area contributed by atoms with Crippen molar-refractivity contribution in [2.24, 2.45) is 0 Å². The lowest BCUT2D eigenvalue weighted by Gasteiger charge is -2.15. The molecule has 0 bridgehead atoms. The average Bonchev–Trinajstić information content (AvgIpc) is 2.38. The van der Waals surface area contributed by atoms with Crippen molar-refractivity contribution in [1.29, 1.82) is 0 Å². The van der Waals surface area contributed by atoms with Gasteiger partial charge < -0.3 is 10.6 Å². The van der Waals surface area contributed by atoms with Crippen LogP contribution >= 0.6 is 27.7 Å². The summed E-state index contributed by atoms with van der Waals surface area (Å²) < 4.78 is 0.801. The zero-order chi connectivity index (χ0) is 14.3. The van der Waals surface area contributed by atoms with E-state index >= 15 is 0 Å². The largest absolute Gasteiger partial charge is 0.370 e. The normalized spacial score (nSPS) is 12.0. The van der Waals surface area contributed by atoms with Crippen LogP contribution in [0.15, 0.2) is 16.7 Å². The molecule has 0 spiro atoms. The monoisotopic (exact) mass is 345 g/mol. The van der Waals surface area contributed by atoms with E-state index in [1.54, 1.807) is 12.3 Å². The van der Waals surface area contributed by atoms with Crippen molar-refractivity contribution in [3.63, 3.8) is 0 Å². The Bertz CT molecular complexity index is 428. The first-order valence-electron chi connectivity index (χ1n) is 6.36. The van der Waals surface area contributed by atoms with Gasteiger partial charge in [0.05, 0.1) is 5.56 Å². The number of aromatic nitrogens is 1. The second kappa shape index (κ2) is 8.43. The van der Waals surface area contributed by atoms with E-state index in [0.29, 0.717) is 11.4 Å². The van der Waals surface area contributed by atoms with E-state index in [1.165, 1.54) is 0 Å². The number of thioether (sulfide) groups is 1. The number of anilines is 1. The summed E-state index contributed by atoms with van der Waals surface area (Å²) in [5.74, 6) is 2.51. The molecule has 0 aliphatic heterocycles. The molecule has 106 valence electrons. The predicted octanol–water partition coefficient (Wildman–Crippen LogP) is 3.15. The molecule has 0 aliphatic carbocycles. The van der Waals surface area contributed by atoms with Crippen LogP contribution in [0, 0.1) is 0 Å². The van der Waals surface area contributed by atoms with Crippen LogP contribution in [0.25, 0.3) is 0 Å². The fourth-order valence-electron chi connectivity index (χ4n) is 1.56. The predicted molar refractivity (Wildman–Crippen MR) is 86.0 cm³/mol. The van der Waals surface area contributed by atoms with Gasteiger partial charge in [0.2, 0.25) is 0 Å². The molecule has 0 radical (unpaired) electrons. The number of pyridine rings is 1. The van der Waals surface area contributed by atoms with Crippen molar-refractivity contribution in [2.45, 2.75) is 26.8 Å². The lowest BCUT2D eigenvalue weighted by atomic mass is 10.2. The Morgan fingerprint density at radius 1 is 1.53 bits per heavy atom. The van der Waals surface area contributed by atoms with E-state index in [0.717, 1.165) is 22.5 Å². The van der Waals surface area contributed by atoms with Crippen LogP contribution in [-0.2, 0) is 0 Å². The molecular weight excluding hydrogens is 326 g/mol. The number of amides is 1. The Kier molecular flexibility index (Phi) is 7.23. The number of hydrogen-bond donors (Lipinski definition) is 2. The van der Waals surface area contributed by atoms with E-state index in [1.807, 2.05) is 25.6 Å². The van der Waals surface area contributed by atoms with Crippen LogP contribution in [0.3, 0.4) is 0 Å². The van der Waals surface area contributed by atoms with Crippen LogP contribution in [0.4, 0.5) is 5.82 Å². The third-order valence-corrected chi connectivity index (χ3v) is 3.97. The number of hydrogen-bond acceptors (Lipinski definition) is 4. The molecule has 1 aromatic heterocycles. The van der Waals surface area contributed by atoms with Gasteiger partial charge in [-0.15, -0.1) is 0 Å². The van der Waals surface area contributed by atoms with Crippen LogP contribution in [0.1, 0.15) is 31.1 Å². The first kappa shape index (κ1) is 16.3. The Morgan fingerprint density at radius 3 is 2.89 bits per heavy atom. The molecule has 0 aliphatic rings. The standard InChI is InChI=1S/C13H20BrN3OS/c1-4-15-12-11(6-10(14)7-16-12)13(18)17-9(3)8-19-5-2/h6-7,9H,4-5,8H2,1-3H3,(H,15,16)(H,17,18). The van der Waals surface area contributed by atoms with Crippen molar-refractivity contribution in [1.82, 2.24) is 10.3 Å². The lowest BCUT2D eigenvalue weighted by Crippen LogP contribution is -2.34. The number of nitrogens with one attached hydrogen (secondary N) is 2. The van der Waals surface area contributed by atoms with E-state index in [-0.39, 0.29) is 11.9 Å². The molecule has 0 aromatic carbocycles. The number of carbonyl (C=O) groups is 1. The van der Waals surface area contributed by atoms with Gasteiger partial charge in [0, 0.05) is 29.0 Å². The van der Waals surface area contributed by atoms with Crippen LogP contribution < -0.4 is 10.6 Å². The van der Waals surface area contributed by atoms with Gasteiger partial charge in [-0.2, -0.15) is 11.8 Å². The maximum Gasteiger partial charge on any atom is 0.255 e. The fourth-order valence-corrected chi connectivity index (χ4v) is 2.56. The third kappa shape index (κ3) is 5.40. The van der Waals surface area contributed by atoms with Crippen molar-refractivity contribution in [3.8, 4) is 0 Å². The maximum absolute atomic E-state index is 12.2. The molecule has 0 saturated carbocycles. The second-order valence-corrected chi connectivity index (χ2v) is 6.35. The average molecular weight is 346 g/mol. The van der Waals surface area contributed by atoms with Gasteiger partial charge in [-0.1, -0.05) is 6.92 Å². The quantitative estimate of drug-likeness (QED) is 0.796. The molecule has 1 amide bonds. The summed E-state index contributed by atoms with van der Waals surface area (Å²) in [7, 11) is 0. The molecule has 1 atom stereocenters. The highest BCUT2D eigenvalue weighted by atomic mass is 79.9. The minimum atomic E-state index is -0.0889. The van der Waals surface area contributed by atoms with E-state index in [9.17, 15) is 4.79 Å². The molecule has 19 heavy (non-hydrogen) atoms. The first-order valence-corrected chi connectivity index (χ1v) is 8.31. The van der Waals surface area contributed by atoms with Gasteiger partial charge >= 0.3 is 0 Å². The summed E-state index contributed by atoms with van der Waals surface area (Å²) in [6.07, 6.45) is 1.69. The van der Waals surface area contributed by atoms with Gasteiger partial charge in [-0.25, -0.2) is 4.98 Å². The van der Waals surface area contributed by atoms with Crippen LogP contribution in [-0.4, -0.2) is 35.0 Å². The highest BCUT2D eigenvalue weighted by molar-refractivity contribution is 9.10. The van der Waals surface area contributed by atoms with Gasteiger partial charge in [0.25, 0.3) is 5.91 Å². The first-order chi connectivity index (χ1) is 9.08. The number of halogens is 1. The maximum atomic E-state index is 12.2. The lowest BCUT2D eigenvalue weighted by molar-refractivity contribution is 0.0944. The minimum Gasteiger partial charge on any atom is -0.370 e. The minimum absolute atomic E-state index is 0.0889. The molecular formula is C13H20BrN3OS. The summed E-state index contributed by atoms with van der Waals surface area (Å²) in [5.41, 5.74) is 0.574. The Labute approximate surface area is 127 Å². The molecule has 2 N–H and O–H groups in total. The van der Waals surface area contributed by atoms with Gasteiger partial charge in [0.1, 0.15) is 5.82 Å². The second-order valence-electron chi connectivity index (χ2n) is 4.11. The highest BCUT2D eigenvalue weighted by Gasteiger charge is 2.15. The number of nitrogens with zero attached hydrogens (tertiary/aromatic N) is 1. The number of carbonyl (C=O) groups excluding carboxylic acids is 1. The zero-order valence-electron chi connectivity index (χ0n) is 11.5. The molecule has 6 heteroatoms. The van der Waals surface area contributed by atoms with Gasteiger partial charge in [-0.05, 0) is 41.6 Å². The van der Waals surface area contributed by atoms with E-state index in [2.05, 4.69) is 38.5 Å². The summed E-state index contributed by atoms with van der Waals surface area (Å²) in [5, 5.41) is 6.10. The van der Waals surface area contributed by atoms with E-state index < -0.39 is 0 Å². The van der Waals surface area contributed by atoms with Crippen LogP contribution in [0.5, 0.6) is 0 Å². The summed E-state index contributed by atoms with van der Waals surface area (Å²) in [6, 6.07) is 1.94. The Morgan fingerprint density at radius 2 is 2.26 bits per heavy atom. The van der Waals surface area contributed by atoms with E-state index in [4.69, 9.17) is 0 Å². The molecule has 1 heterocycles. The zero-order valence-corrected chi connectivity index (χ0v) is 13.9. The molecule has 1 aromatic rings. The summed E-state index contributed by atoms with van der Waals surface area (Å²) in [6.45, 7) is 6.84.